The Morgan fingerprint density at radius 2 is 1.96 bits per heavy atom. The van der Waals surface area contributed by atoms with E-state index in [-0.39, 0.29) is 0 Å². The molecular weight excluding hydrogens is 322 g/mol. The van der Waals surface area contributed by atoms with Crippen molar-refractivity contribution in [3.05, 3.63) is 72.1 Å². The summed E-state index contributed by atoms with van der Waals surface area (Å²) in [4.78, 5) is 4.34. The molecule has 0 radical (unpaired) electrons. The van der Waals surface area contributed by atoms with E-state index in [4.69, 9.17) is 15.2 Å². The fraction of sp³-hybridized carbons (Fsp3) is 0.0556. The van der Waals surface area contributed by atoms with Crippen molar-refractivity contribution in [2.24, 2.45) is 0 Å². The predicted molar refractivity (Wildman–Crippen MR) is 95.7 cm³/mol. The molecule has 0 aliphatic carbocycles. The first kappa shape index (κ1) is 14.6. The maximum Gasteiger partial charge on any atom is 0.266 e. The first-order valence-corrected chi connectivity index (χ1v) is 8.30. The molecule has 2 aromatic carbocycles. The van der Waals surface area contributed by atoms with Crippen molar-refractivity contribution in [1.82, 2.24) is 4.98 Å². The molecule has 0 unspecified atom stereocenters. The number of ether oxygens (including phenoxy) is 2. The van der Waals surface area contributed by atoms with Gasteiger partial charge in [0.15, 0.2) is 0 Å². The molecule has 4 rings (SSSR count). The van der Waals surface area contributed by atoms with Gasteiger partial charge in [0.05, 0.1) is 11.4 Å². The van der Waals surface area contributed by atoms with Crippen molar-refractivity contribution < 1.29 is 9.47 Å². The number of hydrogen-bond acceptors (Lipinski definition) is 6. The van der Waals surface area contributed by atoms with Crippen LogP contribution in [0.15, 0.2) is 66.6 Å². The minimum absolute atomic E-state index is 0.422. The third kappa shape index (κ3) is 2.91. The Balaban J connectivity index is 1.56. The van der Waals surface area contributed by atoms with Gasteiger partial charge in [0.1, 0.15) is 17.5 Å². The van der Waals surface area contributed by atoms with Crippen LogP contribution >= 0.6 is 11.3 Å². The maximum atomic E-state index is 6.17. The molecule has 1 aliphatic rings. The average molecular weight is 337 g/mol. The van der Waals surface area contributed by atoms with E-state index in [1.54, 1.807) is 17.5 Å². The Hall–Kier alpha value is -2.99. The van der Waals surface area contributed by atoms with E-state index < -0.39 is 6.29 Å². The van der Waals surface area contributed by atoms with Crippen molar-refractivity contribution >= 4 is 28.4 Å². The minimum atomic E-state index is -0.422. The second-order valence-corrected chi connectivity index (χ2v) is 6.16. The van der Waals surface area contributed by atoms with Crippen molar-refractivity contribution in [1.29, 1.82) is 0 Å². The molecule has 3 N–H and O–H groups in total. The highest BCUT2D eigenvalue weighted by Gasteiger charge is 2.16. The molecule has 0 saturated heterocycles. The van der Waals surface area contributed by atoms with Gasteiger partial charge in [-0.15, -0.1) is 11.3 Å². The lowest BCUT2D eigenvalue weighted by atomic mass is 10.1. The summed E-state index contributed by atoms with van der Waals surface area (Å²) in [5.74, 6) is 0. The molecule has 24 heavy (non-hydrogen) atoms. The second kappa shape index (κ2) is 6.25. The van der Waals surface area contributed by atoms with Crippen LogP contribution in [0.3, 0.4) is 0 Å². The van der Waals surface area contributed by atoms with E-state index >= 15 is 0 Å². The highest BCUT2D eigenvalue weighted by molar-refractivity contribution is 7.13. The summed E-state index contributed by atoms with van der Waals surface area (Å²) in [6.45, 7) is 0. The van der Waals surface area contributed by atoms with Gasteiger partial charge in [-0.05, 0) is 30.3 Å². The highest BCUT2D eigenvalue weighted by atomic mass is 32.1. The van der Waals surface area contributed by atoms with Crippen LogP contribution in [0.2, 0.25) is 0 Å². The highest BCUT2D eigenvalue weighted by Crippen LogP contribution is 2.31. The molecule has 120 valence electrons. The lowest BCUT2D eigenvalue weighted by Crippen LogP contribution is -2.02. The summed E-state index contributed by atoms with van der Waals surface area (Å²) in [6, 6.07) is 13.8. The third-order valence-corrected chi connectivity index (χ3v) is 4.45. The van der Waals surface area contributed by atoms with Gasteiger partial charge in [0.2, 0.25) is 0 Å². The van der Waals surface area contributed by atoms with E-state index in [1.165, 1.54) is 12.5 Å². The Bertz CT molecular complexity index is 870. The summed E-state index contributed by atoms with van der Waals surface area (Å²) in [7, 11) is 0. The summed E-state index contributed by atoms with van der Waals surface area (Å²) in [5.41, 5.74) is 10.5. The van der Waals surface area contributed by atoms with Crippen LogP contribution in [-0.2, 0) is 9.47 Å². The van der Waals surface area contributed by atoms with Crippen LogP contribution in [0.25, 0.3) is 10.6 Å². The molecule has 0 amide bonds. The Morgan fingerprint density at radius 3 is 2.71 bits per heavy atom. The lowest BCUT2D eigenvalue weighted by molar-refractivity contribution is -0.0245. The van der Waals surface area contributed by atoms with Crippen molar-refractivity contribution in [3.8, 4) is 10.6 Å². The number of nitrogens with zero attached hydrogens (tertiary/aromatic N) is 1. The molecule has 1 aromatic heterocycles. The first-order chi connectivity index (χ1) is 11.8. The molecule has 3 aromatic rings. The number of hydrogen-bond donors (Lipinski definition) is 2. The standard InChI is InChI=1S/C18H15N3O2S/c19-15-11-13(18-22-7-8-23-18)4-5-16(15)21-14-3-1-2-12(10-14)17-20-6-9-24-17/h1-11,18,21H,19H2. The van der Waals surface area contributed by atoms with Crippen LogP contribution in [0, 0.1) is 0 Å². The Labute approximate surface area is 143 Å². The van der Waals surface area contributed by atoms with E-state index in [1.807, 2.05) is 41.8 Å². The summed E-state index contributed by atoms with van der Waals surface area (Å²) in [5, 5.41) is 6.30. The molecule has 0 atom stereocenters. The number of rotatable bonds is 4. The molecule has 0 saturated carbocycles. The van der Waals surface area contributed by atoms with Crippen LogP contribution in [0.4, 0.5) is 17.1 Å². The maximum absolute atomic E-state index is 6.17. The van der Waals surface area contributed by atoms with Crippen LogP contribution in [0.1, 0.15) is 11.9 Å². The first-order valence-electron chi connectivity index (χ1n) is 7.42. The molecule has 0 fully saturated rings. The molecule has 2 heterocycles. The number of nitrogen functional groups attached to an aromatic ring is 1. The SMILES string of the molecule is Nc1cc(C2OC=CO2)ccc1Nc1cccc(-c2nccs2)c1. The van der Waals surface area contributed by atoms with E-state index in [0.29, 0.717) is 5.69 Å². The average Bonchev–Trinajstić information content (AvgIpc) is 3.31. The van der Waals surface area contributed by atoms with Crippen molar-refractivity contribution in [2.75, 3.05) is 11.1 Å². The van der Waals surface area contributed by atoms with E-state index in [0.717, 1.165) is 27.5 Å². The number of thiazole rings is 1. The van der Waals surface area contributed by atoms with Gasteiger partial charge >= 0.3 is 0 Å². The van der Waals surface area contributed by atoms with Gasteiger partial charge < -0.3 is 20.5 Å². The number of aromatic nitrogens is 1. The fourth-order valence-electron chi connectivity index (χ4n) is 2.49. The van der Waals surface area contributed by atoms with Gasteiger partial charge in [-0.2, -0.15) is 0 Å². The number of nitrogens with two attached hydrogens (primary N) is 1. The Morgan fingerprint density at radius 1 is 1.08 bits per heavy atom. The summed E-state index contributed by atoms with van der Waals surface area (Å²) >= 11 is 1.61. The second-order valence-electron chi connectivity index (χ2n) is 5.27. The van der Waals surface area contributed by atoms with Gasteiger partial charge in [-0.25, -0.2) is 4.98 Å². The topological polar surface area (TPSA) is 69.4 Å². The monoisotopic (exact) mass is 337 g/mol. The zero-order valence-corrected chi connectivity index (χ0v) is 13.5. The minimum Gasteiger partial charge on any atom is -0.455 e. The van der Waals surface area contributed by atoms with E-state index in [9.17, 15) is 0 Å². The molecule has 0 spiro atoms. The third-order valence-electron chi connectivity index (χ3n) is 3.63. The Kier molecular flexibility index (Phi) is 3.80. The molecular formula is C18H15N3O2S. The van der Waals surface area contributed by atoms with Crippen LogP contribution in [-0.4, -0.2) is 4.98 Å². The fourth-order valence-corrected chi connectivity index (χ4v) is 3.12. The molecule has 1 aliphatic heterocycles. The predicted octanol–water partition coefficient (Wildman–Crippen LogP) is 4.65. The lowest BCUT2D eigenvalue weighted by Gasteiger charge is -2.14. The van der Waals surface area contributed by atoms with Gasteiger partial charge in [-0.1, -0.05) is 12.1 Å². The van der Waals surface area contributed by atoms with Crippen LogP contribution < -0.4 is 11.1 Å². The zero-order valence-electron chi connectivity index (χ0n) is 12.7. The molecule has 0 bridgehead atoms. The molecule has 6 heteroatoms. The number of anilines is 3. The normalized spacial score (nSPS) is 13.5. The summed E-state index contributed by atoms with van der Waals surface area (Å²) < 4.78 is 10.6. The number of benzene rings is 2. The van der Waals surface area contributed by atoms with E-state index in [2.05, 4.69) is 16.4 Å². The van der Waals surface area contributed by atoms with Crippen molar-refractivity contribution in [2.45, 2.75) is 6.29 Å². The largest absolute Gasteiger partial charge is 0.455 e. The van der Waals surface area contributed by atoms with Crippen LogP contribution in [0.5, 0.6) is 0 Å². The summed E-state index contributed by atoms with van der Waals surface area (Å²) in [6.07, 6.45) is 4.43. The number of nitrogens with one attached hydrogen (secondary N) is 1. The van der Waals surface area contributed by atoms with Crippen molar-refractivity contribution in [3.63, 3.8) is 0 Å². The quantitative estimate of drug-likeness (QED) is 0.678. The van der Waals surface area contributed by atoms with Gasteiger partial charge in [0.25, 0.3) is 6.29 Å². The van der Waals surface area contributed by atoms with Gasteiger partial charge in [0, 0.05) is 28.4 Å². The zero-order chi connectivity index (χ0) is 16.4. The van der Waals surface area contributed by atoms with Gasteiger partial charge in [-0.3, -0.25) is 0 Å². The smallest absolute Gasteiger partial charge is 0.266 e. The molecule has 5 nitrogen and oxygen atoms in total.